The summed E-state index contributed by atoms with van der Waals surface area (Å²) in [5, 5.41) is 6.99. The lowest BCUT2D eigenvalue weighted by atomic mass is 10.1. The number of hydrogen-bond acceptors (Lipinski definition) is 2. The minimum Gasteiger partial charge on any atom is -0.356 e. The number of carbonyl (C=O) groups excluding carboxylic acids is 1. The largest absolute Gasteiger partial charge is 0.356 e. The zero-order chi connectivity index (χ0) is 9.26. The van der Waals surface area contributed by atoms with Gasteiger partial charge in [0.1, 0.15) is 0 Å². The molecular weight excluding hydrogens is 281 g/mol. The molecule has 0 aliphatic carbocycles. The molecule has 1 atom stereocenters. The number of carbonyl (C=O) groups is 1. The Labute approximate surface area is 89.8 Å². The van der Waals surface area contributed by atoms with Gasteiger partial charge in [-0.2, -0.15) is 5.10 Å². The predicted octanol–water partition coefficient (Wildman–Crippen LogP) is 0.624. The third-order valence-electron chi connectivity index (χ3n) is 2.11. The van der Waals surface area contributed by atoms with Gasteiger partial charge in [0.15, 0.2) is 0 Å². The predicted molar refractivity (Wildman–Crippen MR) is 56.1 cm³/mol. The van der Waals surface area contributed by atoms with E-state index in [9.17, 15) is 4.79 Å². The van der Waals surface area contributed by atoms with E-state index in [-0.39, 0.29) is 5.91 Å². The molecular formula is C8H10IN3O. The maximum atomic E-state index is 10.9. The van der Waals surface area contributed by atoms with E-state index < -0.39 is 0 Å². The number of halogens is 1. The summed E-state index contributed by atoms with van der Waals surface area (Å²) in [4.78, 5) is 10.9. The Bertz CT molecular complexity index is 323. The van der Waals surface area contributed by atoms with Crippen LogP contribution in [0.4, 0.5) is 0 Å². The molecule has 1 fully saturated rings. The molecule has 1 saturated heterocycles. The van der Waals surface area contributed by atoms with Crippen LogP contribution in [-0.4, -0.2) is 22.2 Å². The van der Waals surface area contributed by atoms with Crippen molar-refractivity contribution in [1.29, 1.82) is 0 Å². The van der Waals surface area contributed by atoms with Crippen LogP contribution in [-0.2, 0) is 11.3 Å². The van der Waals surface area contributed by atoms with Crippen LogP contribution in [0.3, 0.4) is 0 Å². The van der Waals surface area contributed by atoms with Crippen molar-refractivity contribution in [3.63, 3.8) is 0 Å². The van der Waals surface area contributed by atoms with Crippen molar-refractivity contribution >= 4 is 28.5 Å². The van der Waals surface area contributed by atoms with Crippen LogP contribution in [0.15, 0.2) is 12.4 Å². The molecule has 0 aromatic carbocycles. The van der Waals surface area contributed by atoms with Crippen molar-refractivity contribution in [1.82, 2.24) is 15.1 Å². The first-order valence-electron chi connectivity index (χ1n) is 4.18. The maximum Gasteiger partial charge on any atom is 0.220 e. The van der Waals surface area contributed by atoms with Crippen LogP contribution in [0.25, 0.3) is 0 Å². The molecule has 0 spiro atoms. The molecule has 1 aromatic rings. The van der Waals surface area contributed by atoms with E-state index in [1.165, 1.54) is 0 Å². The van der Waals surface area contributed by atoms with Crippen LogP contribution in [0, 0.1) is 9.49 Å². The molecule has 1 amide bonds. The lowest BCUT2D eigenvalue weighted by Crippen LogP contribution is -2.16. The van der Waals surface area contributed by atoms with Gasteiger partial charge in [0.2, 0.25) is 5.91 Å². The molecule has 0 radical (unpaired) electrons. The average molecular weight is 291 g/mol. The molecule has 1 N–H and O–H groups in total. The summed E-state index contributed by atoms with van der Waals surface area (Å²) in [6.45, 7) is 1.62. The highest BCUT2D eigenvalue weighted by Crippen LogP contribution is 2.12. The Hall–Kier alpha value is -0.590. The van der Waals surface area contributed by atoms with Crippen molar-refractivity contribution in [2.75, 3.05) is 6.54 Å². The summed E-state index contributed by atoms with van der Waals surface area (Å²) < 4.78 is 3.03. The third-order valence-corrected chi connectivity index (χ3v) is 2.67. The molecule has 2 rings (SSSR count). The molecule has 0 bridgehead atoms. The normalized spacial score (nSPS) is 21.9. The Morgan fingerprint density at radius 3 is 3.15 bits per heavy atom. The van der Waals surface area contributed by atoms with Crippen molar-refractivity contribution in [3.05, 3.63) is 16.0 Å². The molecule has 1 aliphatic heterocycles. The van der Waals surface area contributed by atoms with Crippen molar-refractivity contribution in [2.24, 2.45) is 5.92 Å². The van der Waals surface area contributed by atoms with Crippen molar-refractivity contribution < 1.29 is 4.79 Å². The lowest BCUT2D eigenvalue weighted by molar-refractivity contribution is -0.119. The topological polar surface area (TPSA) is 46.9 Å². The minimum atomic E-state index is 0.159. The summed E-state index contributed by atoms with van der Waals surface area (Å²) in [7, 11) is 0. The van der Waals surface area contributed by atoms with Crippen molar-refractivity contribution in [3.8, 4) is 0 Å². The number of hydrogen-bond donors (Lipinski definition) is 1. The molecule has 13 heavy (non-hydrogen) atoms. The fraction of sp³-hybridized carbons (Fsp3) is 0.500. The zero-order valence-electron chi connectivity index (χ0n) is 7.03. The molecule has 2 heterocycles. The highest BCUT2D eigenvalue weighted by molar-refractivity contribution is 14.1. The van der Waals surface area contributed by atoms with Crippen LogP contribution < -0.4 is 5.32 Å². The molecule has 1 unspecified atom stereocenters. The van der Waals surface area contributed by atoms with Gasteiger partial charge >= 0.3 is 0 Å². The second-order valence-electron chi connectivity index (χ2n) is 3.25. The average Bonchev–Trinajstić information content (AvgIpc) is 2.62. The first-order valence-corrected chi connectivity index (χ1v) is 5.26. The molecule has 70 valence electrons. The number of rotatable bonds is 2. The Balaban J connectivity index is 1.95. The zero-order valence-corrected chi connectivity index (χ0v) is 9.19. The molecule has 5 heteroatoms. The van der Waals surface area contributed by atoms with Crippen LogP contribution in [0.2, 0.25) is 0 Å². The van der Waals surface area contributed by atoms with Gasteiger partial charge in [-0.25, -0.2) is 0 Å². The van der Waals surface area contributed by atoms with E-state index in [1.807, 2.05) is 17.1 Å². The van der Waals surface area contributed by atoms with Crippen LogP contribution in [0.5, 0.6) is 0 Å². The standard InChI is InChI=1S/C8H10IN3O/c9-7-3-11-12(5-7)4-6-1-8(13)10-2-6/h3,5-6H,1-2,4H2,(H,10,13). The maximum absolute atomic E-state index is 10.9. The second kappa shape index (κ2) is 3.65. The van der Waals surface area contributed by atoms with E-state index in [1.54, 1.807) is 0 Å². The Kier molecular flexibility index (Phi) is 2.52. The van der Waals surface area contributed by atoms with E-state index in [2.05, 4.69) is 33.0 Å². The van der Waals surface area contributed by atoms with E-state index in [0.717, 1.165) is 16.7 Å². The Morgan fingerprint density at radius 2 is 2.62 bits per heavy atom. The number of aromatic nitrogens is 2. The molecule has 1 aromatic heterocycles. The SMILES string of the molecule is O=C1CC(Cn2cc(I)cn2)CN1. The van der Waals surface area contributed by atoms with E-state index >= 15 is 0 Å². The fourth-order valence-corrected chi connectivity index (χ4v) is 1.94. The molecule has 4 nitrogen and oxygen atoms in total. The van der Waals surface area contributed by atoms with Gasteiger partial charge in [-0.15, -0.1) is 0 Å². The quantitative estimate of drug-likeness (QED) is 0.812. The first kappa shape index (κ1) is 8.98. The van der Waals surface area contributed by atoms with E-state index in [4.69, 9.17) is 0 Å². The monoisotopic (exact) mass is 291 g/mol. The highest BCUT2D eigenvalue weighted by atomic mass is 127. The minimum absolute atomic E-state index is 0.159. The summed E-state index contributed by atoms with van der Waals surface area (Å²) in [6.07, 6.45) is 4.45. The molecule has 0 saturated carbocycles. The summed E-state index contributed by atoms with van der Waals surface area (Å²) in [5.74, 6) is 0.565. The summed E-state index contributed by atoms with van der Waals surface area (Å²) in [5.41, 5.74) is 0. The van der Waals surface area contributed by atoms with Gasteiger partial charge in [-0.3, -0.25) is 9.48 Å². The van der Waals surface area contributed by atoms with E-state index in [0.29, 0.717) is 12.3 Å². The smallest absolute Gasteiger partial charge is 0.220 e. The van der Waals surface area contributed by atoms with Crippen molar-refractivity contribution in [2.45, 2.75) is 13.0 Å². The van der Waals surface area contributed by atoms with Gasteiger partial charge in [-0.1, -0.05) is 0 Å². The van der Waals surface area contributed by atoms with Gasteiger partial charge in [0.05, 0.1) is 9.77 Å². The lowest BCUT2D eigenvalue weighted by Gasteiger charge is -2.05. The van der Waals surface area contributed by atoms with Crippen LogP contribution >= 0.6 is 22.6 Å². The number of nitrogens with zero attached hydrogens (tertiary/aromatic N) is 2. The fourth-order valence-electron chi connectivity index (χ4n) is 1.50. The van der Waals surface area contributed by atoms with Gasteiger partial charge < -0.3 is 5.32 Å². The number of nitrogens with one attached hydrogen (secondary N) is 1. The van der Waals surface area contributed by atoms with Gasteiger partial charge in [-0.05, 0) is 22.6 Å². The number of amides is 1. The Morgan fingerprint density at radius 1 is 1.77 bits per heavy atom. The van der Waals surface area contributed by atoms with Gasteiger partial charge in [0.25, 0.3) is 0 Å². The second-order valence-corrected chi connectivity index (χ2v) is 4.50. The van der Waals surface area contributed by atoms with Gasteiger partial charge in [0, 0.05) is 31.6 Å². The summed E-state index contributed by atoms with van der Waals surface area (Å²) in [6, 6.07) is 0. The third kappa shape index (κ3) is 2.20. The highest BCUT2D eigenvalue weighted by Gasteiger charge is 2.21. The van der Waals surface area contributed by atoms with Crippen LogP contribution in [0.1, 0.15) is 6.42 Å². The first-order chi connectivity index (χ1) is 6.24. The molecule has 1 aliphatic rings. The summed E-state index contributed by atoms with van der Waals surface area (Å²) >= 11 is 2.23.